The Bertz CT molecular complexity index is 774. The summed E-state index contributed by atoms with van der Waals surface area (Å²) in [7, 11) is 0. The van der Waals surface area contributed by atoms with Crippen LogP contribution in [0.5, 0.6) is 0 Å². The first-order chi connectivity index (χ1) is 10.7. The van der Waals surface area contributed by atoms with E-state index in [1.54, 1.807) is 0 Å². The highest BCUT2D eigenvalue weighted by atomic mass is 35.5. The highest BCUT2D eigenvalue weighted by Crippen LogP contribution is 2.47. The molecule has 1 aromatic heterocycles. The molecular weight excluding hydrogens is 331 g/mol. The van der Waals surface area contributed by atoms with Crippen molar-refractivity contribution in [3.05, 3.63) is 46.2 Å². The molecule has 1 N–H and O–H groups in total. The molecule has 2 aromatic rings. The van der Waals surface area contributed by atoms with Crippen molar-refractivity contribution in [1.82, 2.24) is 4.57 Å². The predicted molar refractivity (Wildman–Crippen MR) is 79.8 cm³/mol. The second-order valence-corrected chi connectivity index (χ2v) is 6.04. The van der Waals surface area contributed by atoms with Gasteiger partial charge < -0.3 is 9.67 Å². The van der Waals surface area contributed by atoms with Gasteiger partial charge >= 0.3 is 12.1 Å². The molecule has 3 rings (SSSR count). The van der Waals surface area contributed by atoms with Crippen LogP contribution < -0.4 is 0 Å². The average Bonchev–Trinajstić information content (AvgIpc) is 3.22. The molecule has 122 valence electrons. The first-order valence-corrected chi connectivity index (χ1v) is 7.40. The van der Waals surface area contributed by atoms with Gasteiger partial charge in [-0.3, -0.25) is 0 Å². The Morgan fingerprint density at radius 1 is 1.26 bits per heavy atom. The number of aromatic nitrogens is 1. The van der Waals surface area contributed by atoms with Crippen LogP contribution in [-0.2, 0) is 6.18 Å². The van der Waals surface area contributed by atoms with Crippen LogP contribution in [0.25, 0.3) is 11.1 Å². The minimum atomic E-state index is -4.61. The van der Waals surface area contributed by atoms with Gasteiger partial charge in [0.15, 0.2) is 0 Å². The van der Waals surface area contributed by atoms with Crippen molar-refractivity contribution in [3.8, 4) is 11.1 Å². The second-order valence-electron chi connectivity index (χ2n) is 5.61. The maximum atomic E-state index is 13.5. The number of hydrogen-bond acceptors (Lipinski definition) is 1. The fourth-order valence-electron chi connectivity index (χ4n) is 2.94. The first kappa shape index (κ1) is 15.9. The lowest BCUT2D eigenvalue weighted by molar-refractivity contribution is -0.144. The number of hydrogen-bond donors (Lipinski definition) is 1. The minimum Gasteiger partial charge on any atom is -0.477 e. The van der Waals surface area contributed by atoms with Gasteiger partial charge in [0.25, 0.3) is 0 Å². The summed E-state index contributed by atoms with van der Waals surface area (Å²) in [6, 6.07) is 5.73. The van der Waals surface area contributed by atoms with Gasteiger partial charge in [0, 0.05) is 16.6 Å². The Kier molecular flexibility index (Phi) is 3.67. The SMILES string of the molecule is Cc1c(-c2ccc(Cl)cc2)c(C(=O)O)n(C2CC2)c1C(F)(F)F. The Hall–Kier alpha value is -1.95. The van der Waals surface area contributed by atoms with Crippen molar-refractivity contribution in [2.75, 3.05) is 0 Å². The van der Waals surface area contributed by atoms with E-state index in [-0.39, 0.29) is 16.8 Å². The van der Waals surface area contributed by atoms with E-state index >= 15 is 0 Å². The number of alkyl halides is 3. The molecule has 0 saturated heterocycles. The third-order valence-electron chi connectivity index (χ3n) is 3.96. The molecule has 0 unspecified atom stereocenters. The zero-order chi connectivity index (χ0) is 16.9. The Morgan fingerprint density at radius 3 is 2.26 bits per heavy atom. The summed E-state index contributed by atoms with van der Waals surface area (Å²) in [4.78, 5) is 11.7. The van der Waals surface area contributed by atoms with Gasteiger partial charge in [-0.1, -0.05) is 23.7 Å². The predicted octanol–water partition coefficient (Wildman–Crippen LogP) is 5.17. The smallest absolute Gasteiger partial charge is 0.431 e. The normalized spacial score (nSPS) is 15.0. The molecule has 1 heterocycles. The van der Waals surface area contributed by atoms with Crippen LogP contribution in [0.1, 0.15) is 40.6 Å². The topological polar surface area (TPSA) is 42.2 Å². The number of carbonyl (C=O) groups is 1. The molecule has 3 nitrogen and oxygen atoms in total. The van der Waals surface area contributed by atoms with Crippen LogP contribution in [0.3, 0.4) is 0 Å². The van der Waals surface area contributed by atoms with Crippen molar-refractivity contribution in [3.63, 3.8) is 0 Å². The minimum absolute atomic E-state index is 0.0656. The molecule has 1 fully saturated rings. The summed E-state index contributed by atoms with van der Waals surface area (Å²) < 4.78 is 41.4. The van der Waals surface area contributed by atoms with Crippen LogP contribution in [0.2, 0.25) is 5.02 Å². The van der Waals surface area contributed by atoms with Crippen molar-refractivity contribution in [1.29, 1.82) is 0 Å². The fourth-order valence-corrected chi connectivity index (χ4v) is 3.06. The lowest BCUT2D eigenvalue weighted by Gasteiger charge is -2.13. The third-order valence-corrected chi connectivity index (χ3v) is 4.22. The zero-order valence-corrected chi connectivity index (χ0v) is 12.9. The Labute approximate surface area is 135 Å². The van der Waals surface area contributed by atoms with Gasteiger partial charge in [0.05, 0.1) is 0 Å². The molecule has 0 amide bonds. The number of carboxylic acid groups (broad SMARTS) is 1. The van der Waals surface area contributed by atoms with E-state index in [1.165, 1.54) is 31.2 Å². The number of halogens is 4. The number of aromatic carboxylic acids is 1. The largest absolute Gasteiger partial charge is 0.477 e. The summed E-state index contributed by atoms with van der Waals surface area (Å²) in [6.45, 7) is 1.32. The van der Waals surface area contributed by atoms with Gasteiger partial charge in [-0.15, -0.1) is 0 Å². The fraction of sp³-hybridized carbons (Fsp3) is 0.312. The molecule has 7 heteroatoms. The van der Waals surface area contributed by atoms with E-state index in [4.69, 9.17) is 11.6 Å². The monoisotopic (exact) mass is 343 g/mol. The van der Waals surface area contributed by atoms with Gasteiger partial charge in [0.2, 0.25) is 0 Å². The molecule has 0 aliphatic heterocycles. The zero-order valence-electron chi connectivity index (χ0n) is 12.1. The van der Waals surface area contributed by atoms with Crippen LogP contribution in [0.15, 0.2) is 24.3 Å². The second kappa shape index (κ2) is 5.30. The highest BCUT2D eigenvalue weighted by Gasteiger charge is 2.44. The van der Waals surface area contributed by atoms with Gasteiger partial charge in [0.1, 0.15) is 11.4 Å². The van der Waals surface area contributed by atoms with E-state index in [0.29, 0.717) is 23.4 Å². The molecule has 1 saturated carbocycles. The molecule has 0 radical (unpaired) electrons. The maximum absolute atomic E-state index is 13.5. The van der Waals surface area contributed by atoms with Crippen LogP contribution in [0.4, 0.5) is 13.2 Å². The molecule has 1 aliphatic carbocycles. The Balaban J connectivity index is 2.35. The summed E-state index contributed by atoms with van der Waals surface area (Å²) in [6.07, 6.45) is -3.50. The standard InChI is InChI=1S/C16H13ClF3NO2/c1-8-12(9-2-4-10(17)5-3-9)13(15(22)23)21(11-6-7-11)14(8)16(18,19)20/h2-5,11H,6-7H2,1H3,(H,22,23). The summed E-state index contributed by atoms with van der Waals surface area (Å²) in [5.41, 5.74) is -0.728. The number of benzene rings is 1. The van der Waals surface area contributed by atoms with Gasteiger partial charge in [-0.2, -0.15) is 13.2 Å². The molecular formula is C16H13ClF3NO2. The van der Waals surface area contributed by atoms with E-state index in [2.05, 4.69) is 0 Å². The number of carboxylic acids is 1. The lowest BCUT2D eigenvalue weighted by atomic mass is 10.0. The molecule has 1 aliphatic rings. The highest BCUT2D eigenvalue weighted by molar-refractivity contribution is 6.30. The van der Waals surface area contributed by atoms with E-state index in [0.717, 1.165) is 4.57 Å². The lowest BCUT2D eigenvalue weighted by Crippen LogP contribution is -2.17. The van der Waals surface area contributed by atoms with Crippen LogP contribution in [0, 0.1) is 6.92 Å². The molecule has 23 heavy (non-hydrogen) atoms. The summed E-state index contributed by atoms with van der Waals surface area (Å²) in [5, 5.41) is 9.96. The van der Waals surface area contributed by atoms with Gasteiger partial charge in [-0.05, 0) is 43.0 Å². The van der Waals surface area contributed by atoms with E-state index in [9.17, 15) is 23.1 Å². The van der Waals surface area contributed by atoms with Crippen molar-refractivity contribution >= 4 is 17.6 Å². The van der Waals surface area contributed by atoms with Crippen LogP contribution >= 0.6 is 11.6 Å². The third kappa shape index (κ3) is 2.72. The Morgan fingerprint density at radius 2 is 1.83 bits per heavy atom. The molecule has 0 spiro atoms. The summed E-state index contributed by atoms with van der Waals surface area (Å²) >= 11 is 5.81. The van der Waals surface area contributed by atoms with E-state index in [1.807, 2.05) is 0 Å². The number of nitrogens with zero attached hydrogens (tertiary/aromatic N) is 1. The van der Waals surface area contributed by atoms with Crippen molar-refractivity contribution < 1.29 is 23.1 Å². The first-order valence-electron chi connectivity index (χ1n) is 7.03. The molecule has 0 atom stereocenters. The van der Waals surface area contributed by atoms with Crippen molar-refractivity contribution in [2.24, 2.45) is 0 Å². The van der Waals surface area contributed by atoms with E-state index < -0.39 is 23.9 Å². The molecule has 0 bridgehead atoms. The van der Waals surface area contributed by atoms with Crippen LogP contribution in [-0.4, -0.2) is 15.6 Å². The quantitative estimate of drug-likeness (QED) is 0.835. The number of rotatable bonds is 3. The maximum Gasteiger partial charge on any atom is 0.431 e. The van der Waals surface area contributed by atoms with Gasteiger partial charge in [-0.25, -0.2) is 4.79 Å². The average molecular weight is 344 g/mol. The van der Waals surface area contributed by atoms with Crippen molar-refractivity contribution in [2.45, 2.75) is 32.0 Å². The molecule has 1 aromatic carbocycles. The summed E-state index contributed by atoms with van der Waals surface area (Å²) in [5.74, 6) is -1.36.